The first-order chi connectivity index (χ1) is 12.5. The van der Waals surface area contributed by atoms with Crippen molar-refractivity contribution in [3.8, 4) is 34.5 Å². The van der Waals surface area contributed by atoms with Crippen LogP contribution in [0.1, 0.15) is 11.1 Å². The van der Waals surface area contributed by atoms with Crippen LogP contribution in [0.25, 0.3) is 22.4 Å². The molecule has 3 rings (SSSR count). The van der Waals surface area contributed by atoms with Gasteiger partial charge in [-0.2, -0.15) is 10.5 Å². The minimum Gasteiger partial charge on any atom is -0.383 e. The number of nitro groups is 1. The lowest BCUT2D eigenvalue weighted by Gasteiger charge is -2.10. The van der Waals surface area contributed by atoms with Crippen molar-refractivity contribution < 1.29 is 4.92 Å². The van der Waals surface area contributed by atoms with Crippen LogP contribution in [0.5, 0.6) is 0 Å². The van der Waals surface area contributed by atoms with Crippen molar-refractivity contribution >= 4 is 11.5 Å². The zero-order valence-electron chi connectivity index (χ0n) is 13.4. The third kappa shape index (κ3) is 3.05. The molecule has 124 valence electrons. The molecule has 0 amide bonds. The Morgan fingerprint density at radius 1 is 0.962 bits per heavy atom. The van der Waals surface area contributed by atoms with E-state index in [9.17, 15) is 15.4 Å². The second-order valence-corrected chi connectivity index (χ2v) is 5.42. The summed E-state index contributed by atoms with van der Waals surface area (Å²) in [5.74, 6) is 0.0720. The molecule has 0 aliphatic heterocycles. The van der Waals surface area contributed by atoms with Gasteiger partial charge in [-0.05, 0) is 35.9 Å². The number of aromatic nitrogens is 1. The molecule has 7 heteroatoms. The number of nitrogen functional groups attached to an aromatic ring is 1. The maximum absolute atomic E-state index is 10.8. The summed E-state index contributed by atoms with van der Waals surface area (Å²) in [4.78, 5) is 14.6. The number of benzene rings is 2. The number of nitrogens with two attached hydrogens (primary N) is 1. The van der Waals surface area contributed by atoms with Gasteiger partial charge >= 0.3 is 0 Å². The van der Waals surface area contributed by atoms with Crippen LogP contribution >= 0.6 is 0 Å². The smallest absolute Gasteiger partial charge is 0.269 e. The van der Waals surface area contributed by atoms with Crippen molar-refractivity contribution in [3.63, 3.8) is 0 Å². The van der Waals surface area contributed by atoms with E-state index in [-0.39, 0.29) is 17.1 Å². The number of pyridine rings is 1. The molecule has 0 aliphatic carbocycles. The number of nitrogens with zero attached hydrogens (tertiary/aromatic N) is 4. The van der Waals surface area contributed by atoms with Crippen LogP contribution in [-0.2, 0) is 0 Å². The molecule has 2 aromatic carbocycles. The number of anilines is 1. The molecule has 0 bridgehead atoms. The molecule has 2 N–H and O–H groups in total. The summed E-state index contributed by atoms with van der Waals surface area (Å²) >= 11 is 0. The minimum absolute atomic E-state index is 0.0253. The second-order valence-electron chi connectivity index (χ2n) is 5.42. The Bertz CT molecular complexity index is 1080. The normalized spacial score (nSPS) is 9.92. The topological polar surface area (TPSA) is 130 Å². The average molecular weight is 341 g/mol. The van der Waals surface area contributed by atoms with Gasteiger partial charge in [-0.3, -0.25) is 10.1 Å². The Morgan fingerprint density at radius 2 is 1.58 bits per heavy atom. The van der Waals surface area contributed by atoms with Gasteiger partial charge in [0.1, 0.15) is 17.5 Å². The van der Waals surface area contributed by atoms with Gasteiger partial charge in [0.15, 0.2) is 0 Å². The molecule has 0 fully saturated rings. The molecule has 0 saturated carbocycles. The molecule has 26 heavy (non-hydrogen) atoms. The lowest BCUT2D eigenvalue weighted by atomic mass is 9.97. The van der Waals surface area contributed by atoms with Crippen molar-refractivity contribution in [2.45, 2.75) is 0 Å². The predicted octanol–water partition coefficient (Wildman–Crippen LogP) is 3.65. The summed E-state index contributed by atoms with van der Waals surface area (Å²) in [7, 11) is 0. The maximum Gasteiger partial charge on any atom is 0.269 e. The number of hydrogen-bond acceptors (Lipinski definition) is 6. The Labute approximate surface area is 148 Å². The zero-order valence-corrected chi connectivity index (χ0v) is 13.4. The van der Waals surface area contributed by atoms with E-state index in [1.54, 1.807) is 42.5 Å². The Kier molecular flexibility index (Phi) is 4.29. The minimum atomic E-state index is -0.480. The third-order valence-electron chi connectivity index (χ3n) is 3.86. The van der Waals surface area contributed by atoms with Crippen molar-refractivity contribution in [1.82, 2.24) is 4.98 Å². The first-order valence-corrected chi connectivity index (χ1v) is 7.49. The first kappa shape index (κ1) is 16.6. The van der Waals surface area contributed by atoms with Gasteiger partial charge in [0.2, 0.25) is 0 Å². The Balaban J connectivity index is 2.14. The van der Waals surface area contributed by atoms with Gasteiger partial charge in [0, 0.05) is 23.3 Å². The van der Waals surface area contributed by atoms with Crippen molar-refractivity contribution in [3.05, 3.63) is 75.8 Å². The fourth-order valence-electron chi connectivity index (χ4n) is 2.54. The average Bonchev–Trinajstić information content (AvgIpc) is 2.67. The SMILES string of the molecule is N#Cc1ccc(-c2cc(-c3ccc([N+](=O)[O-])cc3)nc(N)c2C#N)cc1. The van der Waals surface area contributed by atoms with E-state index in [0.717, 1.165) is 5.56 Å². The quantitative estimate of drug-likeness (QED) is 0.571. The summed E-state index contributed by atoms with van der Waals surface area (Å²) in [5, 5.41) is 29.1. The van der Waals surface area contributed by atoms with Gasteiger partial charge in [-0.15, -0.1) is 0 Å². The fraction of sp³-hybridized carbons (Fsp3) is 0. The summed E-state index contributed by atoms with van der Waals surface area (Å²) in [6, 6.07) is 18.5. The molecule has 7 nitrogen and oxygen atoms in total. The molecule has 0 atom stereocenters. The fourth-order valence-corrected chi connectivity index (χ4v) is 2.54. The Hall–Kier alpha value is -4.23. The zero-order chi connectivity index (χ0) is 18.7. The van der Waals surface area contributed by atoms with E-state index in [1.165, 1.54) is 12.1 Å². The highest BCUT2D eigenvalue weighted by Crippen LogP contribution is 2.31. The number of nitro benzene ring substituents is 1. The molecule has 3 aromatic rings. The maximum atomic E-state index is 10.8. The van der Waals surface area contributed by atoms with Gasteiger partial charge in [-0.25, -0.2) is 4.98 Å². The molecule has 0 unspecified atom stereocenters. The van der Waals surface area contributed by atoms with Crippen LogP contribution in [0.4, 0.5) is 11.5 Å². The van der Waals surface area contributed by atoms with Gasteiger partial charge in [0.25, 0.3) is 5.69 Å². The highest BCUT2D eigenvalue weighted by molar-refractivity contribution is 5.80. The number of nitriles is 2. The van der Waals surface area contributed by atoms with E-state index >= 15 is 0 Å². The molecule has 1 heterocycles. The molecular weight excluding hydrogens is 330 g/mol. The molecule has 0 aliphatic rings. The summed E-state index contributed by atoms with van der Waals surface area (Å²) in [6.07, 6.45) is 0. The third-order valence-corrected chi connectivity index (χ3v) is 3.86. The van der Waals surface area contributed by atoms with E-state index < -0.39 is 4.92 Å². The second kappa shape index (κ2) is 6.71. The van der Waals surface area contributed by atoms with Gasteiger partial charge in [0.05, 0.1) is 22.2 Å². The van der Waals surface area contributed by atoms with E-state index in [0.29, 0.717) is 22.4 Å². The highest BCUT2D eigenvalue weighted by atomic mass is 16.6. The molecule has 1 aromatic heterocycles. The summed E-state index contributed by atoms with van der Waals surface area (Å²) in [5.41, 5.74) is 9.10. The Morgan fingerprint density at radius 3 is 2.12 bits per heavy atom. The molecular formula is C19H11N5O2. The first-order valence-electron chi connectivity index (χ1n) is 7.49. The van der Waals surface area contributed by atoms with Crippen LogP contribution in [0.15, 0.2) is 54.6 Å². The van der Waals surface area contributed by atoms with Crippen LogP contribution in [0.3, 0.4) is 0 Å². The van der Waals surface area contributed by atoms with E-state index in [4.69, 9.17) is 11.0 Å². The molecule has 0 radical (unpaired) electrons. The van der Waals surface area contributed by atoms with Gasteiger partial charge < -0.3 is 5.73 Å². The van der Waals surface area contributed by atoms with Gasteiger partial charge in [-0.1, -0.05) is 12.1 Å². The van der Waals surface area contributed by atoms with Crippen LogP contribution in [0.2, 0.25) is 0 Å². The van der Waals surface area contributed by atoms with Crippen molar-refractivity contribution in [2.24, 2.45) is 0 Å². The highest BCUT2D eigenvalue weighted by Gasteiger charge is 2.14. The van der Waals surface area contributed by atoms with Crippen LogP contribution in [-0.4, -0.2) is 9.91 Å². The number of hydrogen-bond donors (Lipinski definition) is 1. The lowest BCUT2D eigenvalue weighted by Crippen LogP contribution is -2.00. The largest absolute Gasteiger partial charge is 0.383 e. The standard InChI is InChI=1S/C19H11N5O2/c20-10-12-1-3-13(4-2-12)16-9-18(23-19(22)17(16)11-21)14-5-7-15(8-6-14)24(25)26/h1-9H,(H2,22,23). The molecule has 0 spiro atoms. The van der Waals surface area contributed by atoms with E-state index in [1.807, 2.05) is 6.07 Å². The monoisotopic (exact) mass is 341 g/mol. The van der Waals surface area contributed by atoms with Crippen molar-refractivity contribution in [1.29, 1.82) is 10.5 Å². The lowest BCUT2D eigenvalue weighted by molar-refractivity contribution is -0.384. The summed E-state index contributed by atoms with van der Waals surface area (Å²) < 4.78 is 0. The predicted molar refractivity (Wildman–Crippen MR) is 95.6 cm³/mol. The van der Waals surface area contributed by atoms with Crippen LogP contribution < -0.4 is 5.73 Å². The van der Waals surface area contributed by atoms with Crippen molar-refractivity contribution in [2.75, 3.05) is 5.73 Å². The summed E-state index contributed by atoms with van der Waals surface area (Å²) in [6.45, 7) is 0. The van der Waals surface area contributed by atoms with E-state index in [2.05, 4.69) is 11.1 Å². The number of non-ortho nitro benzene ring substituents is 1. The molecule has 0 saturated heterocycles. The number of rotatable bonds is 3. The van der Waals surface area contributed by atoms with Crippen LogP contribution in [0, 0.1) is 32.8 Å².